The molecule has 29 heavy (non-hydrogen) atoms. The van der Waals surface area contributed by atoms with E-state index in [9.17, 15) is 13.2 Å². The van der Waals surface area contributed by atoms with Crippen molar-refractivity contribution in [1.29, 1.82) is 0 Å². The highest BCUT2D eigenvalue weighted by Gasteiger charge is 2.31. The van der Waals surface area contributed by atoms with E-state index in [1.54, 1.807) is 31.2 Å². The zero-order valence-electron chi connectivity index (χ0n) is 15.1. The van der Waals surface area contributed by atoms with Gasteiger partial charge in [0.25, 0.3) is 0 Å². The third kappa shape index (κ3) is 4.54. The van der Waals surface area contributed by atoms with E-state index < -0.39 is 12.7 Å². The van der Waals surface area contributed by atoms with Crippen molar-refractivity contribution >= 4 is 23.1 Å². The maximum Gasteiger partial charge on any atom is 0.406 e. The minimum absolute atomic E-state index is 0.240. The van der Waals surface area contributed by atoms with E-state index >= 15 is 0 Å². The summed E-state index contributed by atoms with van der Waals surface area (Å²) in [5.41, 5.74) is 1.07. The first kappa shape index (κ1) is 19.7. The van der Waals surface area contributed by atoms with Gasteiger partial charge in [-0.25, -0.2) is 4.98 Å². The Morgan fingerprint density at radius 1 is 1.17 bits per heavy atom. The fourth-order valence-corrected chi connectivity index (χ4v) is 4.30. The predicted octanol–water partition coefficient (Wildman–Crippen LogP) is 6.08. The van der Waals surface area contributed by atoms with E-state index in [0.29, 0.717) is 23.0 Å². The molecule has 0 fully saturated rings. The lowest BCUT2D eigenvalue weighted by Gasteiger charge is -2.15. The molecule has 0 bridgehead atoms. The normalized spacial score (nSPS) is 13.0. The first-order chi connectivity index (χ1) is 13.9. The van der Waals surface area contributed by atoms with E-state index in [1.165, 1.54) is 22.1 Å². The maximum atomic E-state index is 13.2. The van der Waals surface area contributed by atoms with Crippen LogP contribution in [0.1, 0.15) is 18.1 Å². The highest BCUT2D eigenvalue weighted by molar-refractivity contribution is 7.99. The second kappa shape index (κ2) is 8.03. The summed E-state index contributed by atoms with van der Waals surface area (Å²) in [7, 11) is 0. The van der Waals surface area contributed by atoms with Crippen molar-refractivity contribution in [3.8, 4) is 22.0 Å². The van der Waals surface area contributed by atoms with Gasteiger partial charge in [0.05, 0.1) is 22.0 Å². The quantitative estimate of drug-likeness (QED) is 0.343. The standard InChI is InChI=1S/C19H15F3N4OS2/c1-12(17-24-16(25-27-17)15-8-5-9-28-15)29-18-23-10-14(13-6-3-2-4-7-13)26(18)11-19(20,21)22/h2-10,12H,11H2,1H3. The molecule has 0 aliphatic carbocycles. The Labute approximate surface area is 172 Å². The molecule has 0 aliphatic heterocycles. The van der Waals surface area contributed by atoms with Crippen molar-refractivity contribution < 1.29 is 17.7 Å². The van der Waals surface area contributed by atoms with Crippen molar-refractivity contribution in [1.82, 2.24) is 19.7 Å². The summed E-state index contributed by atoms with van der Waals surface area (Å²) in [6, 6.07) is 12.6. The lowest BCUT2D eigenvalue weighted by atomic mass is 10.2. The molecule has 4 aromatic rings. The van der Waals surface area contributed by atoms with E-state index in [1.807, 2.05) is 23.6 Å². The lowest BCUT2D eigenvalue weighted by Crippen LogP contribution is -2.19. The highest BCUT2D eigenvalue weighted by Crippen LogP contribution is 2.37. The van der Waals surface area contributed by atoms with Gasteiger partial charge in [-0.2, -0.15) is 18.2 Å². The lowest BCUT2D eigenvalue weighted by molar-refractivity contribution is -0.141. The van der Waals surface area contributed by atoms with Crippen LogP contribution in [0.25, 0.3) is 22.0 Å². The molecule has 0 aliphatic rings. The van der Waals surface area contributed by atoms with Gasteiger partial charge in [0.1, 0.15) is 6.54 Å². The van der Waals surface area contributed by atoms with Crippen LogP contribution in [0.4, 0.5) is 13.2 Å². The number of thiophene rings is 1. The number of aromatic nitrogens is 4. The third-order valence-electron chi connectivity index (χ3n) is 4.04. The number of nitrogens with zero attached hydrogens (tertiary/aromatic N) is 4. The second-order valence-electron chi connectivity index (χ2n) is 6.19. The second-order valence-corrected chi connectivity index (χ2v) is 8.44. The number of halogens is 3. The average molecular weight is 436 g/mol. The summed E-state index contributed by atoms with van der Waals surface area (Å²) < 4.78 is 46.1. The van der Waals surface area contributed by atoms with Crippen LogP contribution in [-0.2, 0) is 6.54 Å². The number of thioether (sulfide) groups is 1. The van der Waals surface area contributed by atoms with Gasteiger partial charge >= 0.3 is 6.18 Å². The van der Waals surface area contributed by atoms with Crippen molar-refractivity contribution in [2.45, 2.75) is 30.1 Å². The topological polar surface area (TPSA) is 56.7 Å². The molecule has 5 nitrogen and oxygen atoms in total. The predicted molar refractivity (Wildman–Crippen MR) is 106 cm³/mol. The Balaban J connectivity index is 1.62. The zero-order chi connectivity index (χ0) is 20.4. The molecule has 4 rings (SSSR count). The molecule has 0 spiro atoms. The number of benzene rings is 1. The molecule has 0 radical (unpaired) electrons. The third-order valence-corrected chi connectivity index (χ3v) is 6.00. The van der Waals surface area contributed by atoms with Gasteiger partial charge < -0.3 is 9.09 Å². The largest absolute Gasteiger partial charge is 0.406 e. The molecule has 0 saturated heterocycles. The fourth-order valence-electron chi connectivity index (χ4n) is 2.74. The number of hydrogen-bond donors (Lipinski definition) is 0. The molecule has 0 N–H and O–H groups in total. The maximum absolute atomic E-state index is 13.2. The monoisotopic (exact) mass is 436 g/mol. The molecule has 3 aromatic heterocycles. The van der Waals surface area contributed by atoms with E-state index in [2.05, 4.69) is 15.1 Å². The smallest absolute Gasteiger partial charge is 0.338 e. The Bertz CT molecular complexity index is 1070. The van der Waals surface area contributed by atoms with Crippen LogP contribution in [-0.4, -0.2) is 25.9 Å². The summed E-state index contributed by atoms with van der Waals surface area (Å²) >= 11 is 2.63. The Hall–Kier alpha value is -2.59. The van der Waals surface area contributed by atoms with Crippen LogP contribution in [0.2, 0.25) is 0 Å². The minimum Gasteiger partial charge on any atom is -0.338 e. The van der Waals surface area contributed by atoms with E-state index in [4.69, 9.17) is 4.52 Å². The van der Waals surface area contributed by atoms with Gasteiger partial charge in [0, 0.05) is 0 Å². The summed E-state index contributed by atoms with van der Waals surface area (Å²) in [5.74, 6) is 0.798. The van der Waals surface area contributed by atoms with Crippen molar-refractivity contribution in [2.24, 2.45) is 0 Å². The van der Waals surface area contributed by atoms with Crippen molar-refractivity contribution in [2.75, 3.05) is 0 Å². The Morgan fingerprint density at radius 2 is 1.97 bits per heavy atom. The average Bonchev–Trinajstić information content (AvgIpc) is 3.42. The van der Waals surface area contributed by atoms with Crippen LogP contribution >= 0.6 is 23.1 Å². The molecule has 10 heteroatoms. The SMILES string of the molecule is CC(Sc1ncc(-c2ccccc2)n1CC(F)(F)F)c1nc(-c2cccs2)no1. The first-order valence-corrected chi connectivity index (χ1v) is 10.4. The summed E-state index contributed by atoms with van der Waals surface area (Å²) in [6.07, 6.45) is -2.92. The molecular formula is C19H15F3N4OS2. The fraction of sp³-hybridized carbons (Fsp3) is 0.211. The van der Waals surface area contributed by atoms with Gasteiger partial charge in [-0.1, -0.05) is 53.3 Å². The number of rotatable bonds is 6. The summed E-state index contributed by atoms with van der Waals surface area (Å²) in [6.45, 7) is 0.668. The molecule has 1 atom stereocenters. The molecular weight excluding hydrogens is 421 g/mol. The van der Waals surface area contributed by atoms with E-state index in [0.717, 1.165) is 16.6 Å². The van der Waals surface area contributed by atoms with Gasteiger partial charge in [0.15, 0.2) is 5.16 Å². The summed E-state index contributed by atoms with van der Waals surface area (Å²) in [5, 5.41) is 5.74. The number of alkyl halides is 3. The van der Waals surface area contributed by atoms with Gasteiger partial charge in [-0.15, -0.1) is 11.3 Å². The van der Waals surface area contributed by atoms with Crippen molar-refractivity contribution in [3.63, 3.8) is 0 Å². The molecule has 0 saturated carbocycles. The zero-order valence-corrected chi connectivity index (χ0v) is 16.8. The van der Waals surface area contributed by atoms with Crippen LogP contribution in [0.5, 0.6) is 0 Å². The van der Waals surface area contributed by atoms with Gasteiger partial charge in [0.2, 0.25) is 11.7 Å². The van der Waals surface area contributed by atoms with Crippen molar-refractivity contribution in [3.05, 3.63) is 59.9 Å². The molecule has 150 valence electrons. The molecule has 0 amide bonds. The van der Waals surface area contributed by atoms with Gasteiger partial charge in [-0.3, -0.25) is 0 Å². The Morgan fingerprint density at radius 3 is 2.66 bits per heavy atom. The van der Waals surface area contributed by atoms with Crippen LogP contribution in [0.3, 0.4) is 0 Å². The van der Waals surface area contributed by atoms with E-state index in [-0.39, 0.29) is 10.4 Å². The Kier molecular flexibility index (Phi) is 5.46. The number of hydrogen-bond acceptors (Lipinski definition) is 6. The highest BCUT2D eigenvalue weighted by atomic mass is 32.2. The van der Waals surface area contributed by atoms with Gasteiger partial charge in [-0.05, 0) is 23.9 Å². The summed E-state index contributed by atoms with van der Waals surface area (Å²) in [4.78, 5) is 9.47. The molecule has 3 heterocycles. The first-order valence-electron chi connectivity index (χ1n) is 8.62. The van der Waals surface area contributed by atoms with Crippen LogP contribution < -0.4 is 0 Å². The molecule has 1 aromatic carbocycles. The van der Waals surface area contributed by atoms with Crippen LogP contribution in [0, 0.1) is 0 Å². The molecule has 1 unspecified atom stereocenters. The van der Waals surface area contributed by atoms with Crippen LogP contribution in [0.15, 0.2) is 63.7 Å². The number of imidazole rings is 1. The minimum atomic E-state index is -4.38.